The molecule has 1 heterocycles. The molecule has 0 bridgehead atoms. The van der Waals surface area contributed by atoms with Gasteiger partial charge >= 0.3 is 11.9 Å². The van der Waals surface area contributed by atoms with Gasteiger partial charge < -0.3 is 24.1 Å². The molecule has 4 atom stereocenters. The molecule has 184 valence electrons. The van der Waals surface area contributed by atoms with Crippen LogP contribution >= 0.6 is 0 Å². The van der Waals surface area contributed by atoms with Crippen molar-refractivity contribution in [2.75, 3.05) is 20.3 Å². The van der Waals surface area contributed by atoms with E-state index in [0.29, 0.717) is 26.1 Å². The van der Waals surface area contributed by atoms with Crippen molar-refractivity contribution in [1.29, 1.82) is 0 Å². The molecule has 0 aromatic carbocycles. The minimum atomic E-state index is -0.539. The van der Waals surface area contributed by atoms with Crippen molar-refractivity contribution in [3.8, 4) is 0 Å². The lowest BCUT2D eigenvalue weighted by atomic mass is 9.85. The number of rotatable bonds is 14. The second-order valence-corrected chi connectivity index (χ2v) is 9.06. The van der Waals surface area contributed by atoms with E-state index in [-0.39, 0.29) is 29.9 Å². The molecular formula is C25H42O7. The van der Waals surface area contributed by atoms with Crippen molar-refractivity contribution in [2.24, 2.45) is 11.8 Å². The number of hydrogen-bond donors (Lipinski definition) is 1. The molecule has 4 unspecified atom stereocenters. The smallest absolute Gasteiger partial charge is 0.305 e. The first-order chi connectivity index (χ1) is 15.4. The average Bonchev–Trinajstić information content (AvgIpc) is 3.33. The van der Waals surface area contributed by atoms with Gasteiger partial charge in [0.25, 0.3) is 0 Å². The first kappa shape index (κ1) is 26.8. The van der Waals surface area contributed by atoms with E-state index >= 15 is 0 Å². The molecule has 2 rings (SSSR count). The van der Waals surface area contributed by atoms with E-state index in [9.17, 15) is 14.7 Å². The summed E-state index contributed by atoms with van der Waals surface area (Å²) in [6, 6.07) is 0. The molecule has 0 amide bonds. The van der Waals surface area contributed by atoms with Crippen LogP contribution in [-0.2, 0) is 28.5 Å². The van der Waals surface area contributed by atoms with Crippen LogP contribution in [0.3, 0.4) is 0 Å². The number of esters is 2. The molecule has 1 saturated heterocycles. The first-order valence-electron chi connectivity index (χ1n) is 12.3. The van der Waals surface area contributed by atoms with Crippen LogP contribution in [0.15, 0.2) is 12.2 Å². The van der Waals surface area contributed by atoms with E-state index in [4.69, 9.17) is 14.2 Å². The molecule has 7 heteroatoms. The summed E-state index contributed by atoms with van der Waals surface area (Å²) in [7, 11) is 1.40. The largest absolute Gasteiger partial charge is 0.469 e. The van der Waals surface area contributed by atoms with E-state index in [0.717, 1.165) is 57.8 Å². The quantitative estimate of drug-likeness (QED) is 0.238. The highest BCUT2D eigenvalue weighted by Gasteiger charge is 2.45. The van der Waals surface area contributed by atoms with E-state index in [1.807, 2.05) is 0 Å². The first-order valence-corrected chi connectivity index (χ1v) is 12.3. The maximum atomic E-state index is 11.6. The number of aliphatic hydroxyl groups excluding tert-OH is 1. The molecule has 32 heavy (non-hydrogen) atoms. The maximum Gasteiger partial charge on any atom is 0.305 e. The fraction of sp³-hybridized carbons (Fsp3) is 0.840. The molecule has 0 spiro atoms. The van der Waals surface area contributed by atoms with Crippen molar-refractivity contribution < 1.29 is 33.6 Å². The Kier molecular flexibility index (Phi) is 11.7. The zero-order chi connectivity index (χ0) is 23.4. The van der Waals surface area contributed by atoms with Crippen LogP contribution < -0.4 is 0 Å². The Bertz CT molecular complexity index is 597. The molecule has 1 aliphatic heterocycles. The van der Waals surface area contributed by atoms with Crippen molar-refractivity contribution in [1.82, 2.24) is 0 Å². The fourth-order valence-corrected chi connectivity index (χ4v) is 5.01. The van der Waals surface area contributed by atoms with Crippen molar-refractivity contribution in [3.63, 3.8) is 0 Å². The zero-order valence-corrected chi connectivity index (χ0v) is 20.1. The number of hydrogen-bond acceptors (Lipinski definition) is 7. The number of carbonyl (C=O) groups excluding carboxylic acids is 2. The lowest BCUT2D eigenvalue weighted by Crippen LogP contribution is -2.33. The van der Waals surface area contributed by atoms with Crippen LogP contribution in [0.5, 0.6) is 0 Å². The minimum Gasteiger partial charge on any atom is -0.469 e. The molecule has 2 fully saturated rings. The Morgan fingerprint density at radius 1 is 1.09 bits per heavy atom. The van der Waals surface area contributed by atoms with Gasteiger partial charge in [0, 0.05) is 38.5 Å². The molecule has 1 aliphatic carbocycles. The van der Waals surface area contributed by atoms with Crippen LogP contribution in [0.1, 0.15) is 84.5 Å². The van der Waals surface area contributed by atoms with E-state index in [1.54, 1.807) is 0 Å². The molecule has 1 saturated carbocycles. The van der Waals surface area contributed by atoms with E-state index in [2.05, 4.69) is 23.8 Å². The molecular weight excluding hydrogens is 412 g/mol. The van der Waals surface area contributed by atoms with Crippen molar-refractivity contribution in [3.05, 3.63) is 12.2 Å². The maximum absolute atomic E-state index is 11.6. The van der Waals surface area contributed by atoms with Gasteiger partial charge in [-0.1, -0.05) is 31.9 Å². The summed E-state index contributed by atoms with van der Waals surface area (Å²) in [6.45, 7) is 4.84. The van der Waals surface area contributed by atoms with Gasteiger partial charge in [-0.2, -0.15) is 0 Å². The molecule has 2 aliphatic rings. The topological polar surface area (TPSA) is 91.3 Å². The van der Waals surface area contributed by atoms with Crippen LogP contribution in [0.4, 0.5) is 0 Å². The van der Waals surface area contributed by atoms with Gasteiger partial charge in [-0.05, 0) is 38.0 Å². The van der Waals surface area contributed by atoms with Crippen LogP contribution in [0.25, 0.3) is 0 Å². The summed E-state index contributed by atoms with van der Waals surface area (Å²) in [5.41, 5.74) is 0. The lowest BCUT2D eigenvalue weighted by Gasteiger charge is -2.31. The average molecular weight is 455 g/mol. The fourth-order valence-electron chi connectivity index (χ4n) is 5.01. The summed E-state index contributed by atoms with van der Waals surface area (Å²) in [5.74, 6) is -0.970. The normalized spacial score (nSPS) is 27.1. The van der Waals surface area contributed by atoms with Gasteiger partial charge in [0.2, 0.25) is 0 Å². The van der Waals surface area contributed by atoms with Crippen molar-refractivity contribution >= 4 is 11.9 Å². The van der Waals surface area contributed by atoms with Gasteiger partial charge in [0.1, 0.15) is 6.10 Å². The lowest BCUT2D eigenvalue weighted by molar-refractivity contribution is -0.172. The Labute approximate surface area is 192 Å². The molecule has 0 aromatic heterocycles. The Morgan fingerprint density at radius 3 is 2.50 bits per heavy atom. The Morgan fingerprint density at radius 2 is 1.84 bits per heavy atom. The summed E-state index contributed by atoms with van der Waals surface area (Å²) < 4.78 is 22.3. The standard InChI is InChI=1S/C25H42O7/c1-4-5-10-14-25(30-16-17-31-25)15-13-20-21(23(18-22(20)27)32-19(2)26)11-8-6-7-9-12-24(28)29-3/h6,8,20-23,27H,4-5,7,9-18H2,1-3H3/b8-6+. The number of aliphatic hydroxyl groups is 1. The molecule has 0 aromatic rings. The predicted octanol–water partition coefficient (Wildman–Crippen LogP) is 4.31. The van der Waals surface area contributed by atoms with E-state index in [1.165, 1.54) is 14.0 Å². The summed E-state index contributed by atoms with van der Waals surface area (Å²) in [6.07, 6.45) is 12.2. The predicted molar refractivity (Wildman–Crippen MR) is 121 cm³/mol. The number of allylic oxidation sites excluding steroid dienone is 2. The van der Waals surface area contributed by atoms with E-state index < -0.39 is 11.9 Å². The van der Waals surface area contributed by atoms with Crippen LogP contribution in [-0.4, -0.2) is 55.4 Å². The summed E-state index contributed by atoms with van der Waals surface area (Å²) >= 11 is 0. The van der Waals surface area contributed by atoms with Gasteiger partial charge in [-0.25, -0.2) is 0 Å². The highest BCUT2D eigenvalue weighted by Crippen LogP contribution is 2.42. The number of unbranched alkanes of at least 4 members (excludes halogenated alkanes) is 3. The second kappa shape index (κ2) is 14.0. The summed E-state index contributed by atoms with van der Waals surface area (Å²) in [4.78, 5) is 22.9. The second-order valence-electron chi connectivity index (χ2n) is 9.06. The van der Waals surface area contributed by atoms with Crippen LogP contribution in [0, 0.1) is 11.8 Å². The zero-order valence-electron chi connectivity index (χ0n) is 20.1. The SMILES string of the molecule is CCCCCC1(CCC2C(O)CC(OC(C)=O)C2C/C=C/CCCC(=O)OC)OCCO1. The molecule has 0 radical (unpaired) electrons. The van der Waals surface area contributed by atoms with Gasteiger partial charge in [-0.3, -0.25) is 9.59 Å². The number of carbonyl (C=O) groups is 2. The molecule has 7 nitrogen and oxygen atoms in total. The third-order valence-electron chi connectivity index (χ3n) is 6.70. The third-order valence-corrected chi connectivity index (χ3v) is 6.70. The van der Waals surface area contributed by atoms with Gasteiger partial charge in [0.05, 0.1) is 26.4 Å². The third kappa shape index (κ3) is 8.49. The summed E-state index contributed by atoms with van der Waals surface area (Å²) in [5, 5.41) is 10.8. The Hall–Kier alpha value is -1.44. The van der Waals surface area contributed by atoms with Gasteiger partial charge in [-0.15, -0.1) is 0 Å². The Balaban J connectivity index is 1.95. The highest BCUT2D eigenvalue weighted by molar-refractivity contribution is 5.69. The van der Waals surface area contributed by atoms with Crippen molar-refractivity contribution in [2.45, 2.75) is 102 Å². The monoisotopic (exact) mass is 454 g/mol. The number of ether oxygens (including phenoxy) is 4. The molecule has 1 N–H and O–H groups in total. The van der Waals surface area contributed by atoms with Crippen LogP contribution in [0.2, 0.25) is 0 Å². The minimum absolute atomic E-state index is 0.0231. The van der Waals surface area contributed by atoms with Gasteiger partial charge in [0.15, 0.2) is 5.79 Å². The number of methoxy groups -OCH3 is 1. The highest BCUT2D eigenvalue weighted by atomic mass is 16.7.